The number of hydrogen-bond acceptors (Lipinski definition) is 6. The van der Waals surface area contributed by atoms with Crippen molar-refractivity contribution < 1.29 is 9.59 Å². The van der Waals surface area contributed by atoms with Crippen LogP contribution in [0.25, 0.3) is 0 Å². The van der Waals surface area contributed by atoms with Gasteiger partial charge < -0.3 is 14.8 Å². The zero-order chi connectivity index (χ0) is 20.4. The highest BCUT2D eigenvalue weighted by atomic mass is 32.1. The van der Waals surface area contributed by atoms with Crippen molar-refractivity contribution in [3.05, 3.63) is 43.8 Å². The van der Waals surface area contributed by atoms with Crippen molar-refractivity contribution >= 4 is 23.3 Å². The van der Waals surface area contributed by atoms with Gasteiger partial charge in [0.2, 0.25) is 0 Å². The first-order chi connectivity index (χ1) is 14.1. The molecule has 1 saturated heterocycles. The van der Waals surface area contributed by atoms with E-state index in [-0.39, 0.29) is 22.9 Å². The molecule has 8 nitrogen and oxygen atoms in total. The topological polar surface area (TPSA) is 99.3 Å². The third-order valence-corrected chi connectivity index (χ3v) is 6.59. The first-order valence-electron chi connectivity index (χ1n) is 10.2. The van der Waals surface area contributed by atoms with Crippen LogP contribution in [0.2, 0.25) is 0 Å². The summed E-state index contributed by atoms with van der Waals surface area (Å²) < 4.78 is 3.84. The van der Waals surface area contributed by atoms with Crippen LogP contribution in [-0.4, -0.2) is 55.8 Å². The zero-order valence-electron chi connectivity index (χ0n) is 16.6. The second kappa shape index (κ2) is 8.44. The van der Waals surface area contributed by atoms with Crippen molar-refractivity contribution in [1.29, 1.82) is 0 Å². The molecule has 1 fully saturated rings. The Labute approximate surface area is 173 Å². The number of H-pyrrole nitrogens is 1. The number of aromatic nitrogens is 3. The number of pyridine rings is 1. The second-order valence-corrected chi connectivity index (χ2v) is 8.47. The molecule has 0 spiro atoms. The van der Waals surface area contributed by atoms with Crippen LogP contribution in [0, 0.1) is 6.92 Å². The third-order valence-electron chi connectivity index (χ3n) is 5.78. The molecule has 0 aromatic carbocycles. The van der Waals surface area contributed by atoms with Crippen molar-refractivity contribution in [2.24, 2.45) is 0 Å². The molecular weight excluding hydrogens is 390 g/mol. The summed E-state index contributed by atoms with van der Waals surface area (Å²) >= 11 is 1.09. The summed E-state index contributed by atoms with van der Waals surface area (Å²) in [5.74, 6) is -0.279. The molecule has 2 aliphatic heterocycles. The summed E-state index contributed by atoms with van der Waals surface area (Å²) in [5.41, 5.74) is 2.16. The van der Waals surface area contributed by atoms with Gasteiger partial charge in [-0.2, -0.15) is 0 Å². The molecule has 0 radical (unpaired) electrons. The van der Waals surface area contributed by atoms with Crippen LogP contribution in [0.4, 0.5) is 0 Å². The monoisotopic (exact) mass is 415 g/mol. The maximum absolute atomic E-state index is 13.2. The van der Waals surface area contributed by atoms with E-state index >= 15 is 0 Å². The van der Waals surface area contributed by atoms with Crippen LogP contribution in [0.1, 0.15) is 69.0 Å². The molecule has 4 heterocycles. The van der Waals surface area contributed by atoms with Gasteiger partial charge in [0.25, 0.3) is 17.4 Å². The van der Waals surface area contributed by atoms with Gasteiger partial charge in [-0.15, -0.1) is 5.10 Å². The predicted octanol–water partition coefficient (Wildman–Crippen LogP) is 2.14. The normalized spacial score (nSPS) is 17.4. The van der Waals surface area contributed by atoms with Gasteiger partial charge in [-0.1, -0.05) is 23.8 Å². The predicted molar refractivity (Wildman–Crippen MR) is 109 cm³/mol. The summed E-state index contributed by atoms with van der Waals surface area (Å²) in [5, 5.41) is 3.92. The van der Waals surface area contributed by atoms with Crippen molar-refractivity contribution in [2.45, 2.75) is 52.0 Å². The lowest BCUT2D eigenvalue weighted by atomic mass is 9.95. The van der Waals surface area contributed by atoms with Crippen molar-refractivity contribution in [3.8, 4) is 0 Å². The number of aromatic amines is 1. The van der Waals surface area contributed by atoms with E-state index in [0.29, 0.717) is 43.2 Å². The van der Waals surface area contributed by atoms with Crippen molar-refractivity contribution in [3.63, 3.8) is 0 Å². The maximum Gasteiger partial charge on any atom is 0.267 e. The van der Waals surface area contributed by atoms with E-state index in [4.69, 9.17) is 0 Å². The minimum atomic E-state index is -0.335. The standard InChI is InChI=1S/C20H25N5O3S/c1-13-17(29-23-22-13)20(28)25-10-7-15-14(12-25)11-21-18(26)16(15)19(27)24-8-5-3-2-4-6-9-24/h11H,2-10,12H2,1H3,(H,21,26). The molecule has 4 rings (SSSR count). The number of fused-ring (bicyclic) bond motifs is 1. The summed E-state index contributed by atoms with van der Waals surface area (Å²) in [6.07, 6.45) is 7.53. The van der Waals surface area contributed by atoms with Gasteiger partial charge in [0.15, 0.2) is 0 Å². The number of likely N-dealkylation sites (tertiary alicyclic amines) is 1. The second-order valence-electron chi connectivity index (χ2n) is 7.72. The molecule has 0 saturated carbocycles. The van der Waals surface area contributed by atoms with Crippen LogP contribution in [0.3, 0.4) is 0 Å². The van der Waals surface area contributed by atoms with Gasteiger partial charge in [-0.05, 0) is 48.8 Å². The highest BCUT2D eigenvalue weighted by molar-refractivity contribution is 7.07. The molecule has 2 aromatic heterocycles. The third kappa shape index (κ3) is 3.96. The smallest absolute Gasteiger partial charge is 0.267 e. The zero-order valence-corrected chi connectivity index (χ0v) is 17.4. The van der Waals surface area contributed by atoms with Crippen LogP contribution in [0.15, 0.2) is 11.0 Å². The van der Waals surface area contributed by atoms with E-state index in [1.807, 2.05) is 4.90 Å². The van der Waals surface area contributed by atoms with Crippen molar-refractivity contribution in [2.75, 3.05) is 19.6 Å². The molecule has 29 heavy (non-hydrogen) atoms. The molecule has 0 bridgehead atoms. The Hall–Kier alpha value is -2.55. The Bertz CT molecular complexity index is 975. The number of nitrogens with zero attached hydrogens (tertiary/aromatic N) is 4. The first-order valence-corrected chi connectivity index (χ1v) is 10.9. The van der Waals surface area contributed by atoms with Crippen LogP contribution in [-0.2, 0) is 13.0 Å². The number of nitrogens with one attached hydrogen (secondary N) is 1. The number of carbonyl (C=O) groups excluding carboxylic acids is 2. The van der Waals surface area contributed by atoms with E-state index in [9.17, 15) is 14.4 Å². The van der Waals surface area contributed by atoms with Gasteiger partial charge in [0, 0.05) is 32.4 Å². The SMILES string of the molecule is Cc1nnsc1C(=O)N1CCc2c(c[nH]c(=O)c2C(=O)N2CCCCCCC2)C1. The molecule has 154 valence electrons. The molecule has 2 aromatic rings. The summed E-state index contributed by atoms with van der Waals surface area (Å²) in [6.45, 7) is 4.00. The number of aryl methyl sites for hydroxylation is 1. The quantitative estimate of drug-likeness (QED) is 0.810. The van der Waals surface area contributed by atoms with Crippen LogP contribution in [0.5, 0.6) is 0 Å². The Balaban J connectivity index is 1.59. The lowest BCUT2D eigenvalue weighted by Gasteiger charge is -2.31. The molecule has 0 unspecified atom stereocenters. The van der Waals surface area contributed by atoms with Gasteiger partial charge in [0.1, 0.15) is 10.4 Å². The highest BCUT2D eigenvalue weighted by Crippen LogP contribution is 2.24. The fourth-order valence-electron chi connectivity index (χ4n) is 4.15. The van der Waals surface area contributed by atoms with Crippen LogP contribution < -0.4 is 5.56 Å². The maximum atomic E-state index is 13.2. The van der Waals surface area contributed by atoms with E-state index in [1.54, 1.807) is 18.0 Å². The number of hydrogen-bond donors (Lipinski definition) is 1. The average molecular weight is 416 g/mol. The van der Waals surface area contributed by atoms with Crippen molar-refractivity contribution in [1.82, 2.24) is 24.4 Å². The molecule has 9 heteroatoms. The number of carbonyl (C=O) groups is 2. The number of rotatable bonds is 2. The molecular formula is C20H25N5O3S. The lowest BCUT2D eigenvalue weighted by molar-refractivity contribution is 0.0731. The average Bonchev–Trinajstić information content (AvgIpc) is 3.12. The van der Waals surface area contributed by atoms with Gasteiger partial charge in [-0.25, -0.2) is 0 Å². The Morgan fingerprint density at radius 2 is 1.76 bits per heavy atom. The Kier molecular flexibility index (Phi) is 5.75. The fraction of sp³-hybridized carbons (Fsp3) is 0.550. The minimum Gasteiger partial charge on any atom is -0.338 e. The fourth-order valence-corrected chi connectivity index (χ4v) is 4.77. The molecule has 1 N–H and O–H groups in total. The van der Waals surface area contributed by atoms with Gasteiger partial charge in [-0.3, -0.25) is 14.4 Å². The Morgan fingerprint density at radius 1 is 1.03 bits per heavy atom. The summed E-state index contributed by atoms with van der Waals surface area (Å²) in [4.78, 5) is 45.4. The number of amides is 2. The lowest BCUT2D eigenvalue weighted by Crippen LogP contribution is -2.41. The molecule has 2 amide bonds. The summed E-state index contributed by atoms with van der Waals surface area (Å²) in [6, 6.07) is 0. The molecule has 0 atom stereocenters. The van der Waals surface area contributed by atoms with E-state index < -0.39 is 0 Å². The first kappa shape index (κ1) is 19.8. The summed E-state index contributed by atoms with van der Waals surface area (Å²) in [7, 11) is 0. The molecule has 0 aliphatic carbocycles. The largest absolute Gasteiger partial charge is 0.338 e. The Morgan fingerprint density at radius 3 is 2.45 bits per heavy atom. The van der Waals surface area contributed by atoms with E-state index in [1.165, 1.54) is 6.42 Å². The molecule has 2 aliphatic rings. The minimum absolute atomic E-state index is 0.106. The van der Waals surface area contributed by atoms with E-state index in [2.05, 4.69) is 14.6 Å². The van der Waals surface area contributed by atoms with Gasteiger partial charge in [0.05, 0.1) is 5.69 Å². The highest BCUT2D eigenvalue weighted by Gasteiger charge is 2.30. The van der Waals surface area contributed by atoms with E-state index in [0.717, 1.165) is 48.3 Å². The van der Waals surface area contributed by atoms with Crippen LogP contribution >= 0.6 is 11.5 Å². The van der Waals surface area contributed by atoms with Gasteiger partial charge >= 0.3 is 0 Å².